The predicted octanol–water partition coefficient (Wildman–Crippen LogP) is 1.03. The maximum atomic E-state index is 14.5. The van der Waals surface area contributed by atoms with E-state index in [2.05, 4.69) is 42.2 Å². The van der Waals surface area contributed by atoms with E-state index in [0.717, 1.165) is 6.20 Å². The Kier molecular flexibility index (Phi) is 5.52. The molecule has 158 valence electrons. The van der Waals surface area contributed by atoms with Crippen LogP contribution in [-0.4, -0.2) is 60.7 Å². The van der Waals surface area contributed by atoms with Crippen LogP contribution in [0.1, 0.15) is 23.7 Å². The summed E-state index contributed by atoms with van der Waals surface area (Å²) in [5.74, 6) is 2.03. The Balaban J connectivity index is 1.60. The maximum Gasteiger partial charge on any atom is 0.400 e. The van der Waals surface area contributed by atoms with Crippen molar-refractivity contribution >= 4 is 21.3 Å². The normalized spacial score (nSPS) is 23.2. The minimum atomic E-state index is -4.36. The minimum absolute atomic E-state index is 0.0275. The number of fused-ring (bicyclic) bond motifs is 1. The van der Waals surface area contributed by atoms with Gasteiger partial charge in [-0.2, -0.15) is 13.2 Å². The first-order valence-electron chi connectivity index (χ1n) is 9.09. The molecule has 7 nitrogen and oxygen atoms in total. The molecule has 2 aliphatic rings. The van der Waals surface area contributed by atoms with Crippen LogP contribution < -0.4 is 15.2 Å². The van der Waals surface area contributed by atoms with E-state index in [1.54, 1.807) is 6.20 Å². The molecule has 0 saturated carbocycles. The summed E-state index contributed by atoms with van der Waals surface area (Å²) in [6, 6.07) is 2.70. The zero-order valence-corrected chi connectivity index (χ0v) is 16.8. The molecule has 2 N–H and O–H groups in total. The number of hydrogen-bond acceptors (Lipinski definition) is 7. The Morgan fingerprint density at radius 3 is 2.93 bits per heavy atom. The van der Waals surface area contributed by atoms with Crippen molar-refractivity contribution in [3.05, 3.63) is 35.9 Å². The topological polar surface area (TPSA) is 78.9 Å². The van der Waals surface area contributed by atoms with Gasteiger partial charge in [-0.25, -0.2) is 28.7 Å². The first-order chi connectivity index (χ1) is 14.3. The highest BCUT2D eigenvalue weighted by Crippen LogP contribution is 2.32. The molecule has 13 heteroatoms. The second-order valence-electron chi connectivity index (χ2n) is 6.94. The monoisotopic (exact) mass is 441 g/mol. The summed E-state index contributed by atoms with van der Waals surface area (Å²) in [6.45, 7) is -1.30. The Labute approximate surface area is 170 Å². The third-order valence-corrected chi connectivity index (χ3v) is 6.58. The molecule has 0 radical (unpaired) electrons. The van der Waals surface area contributed by atoms with E-state index in [9.17, 15) is 22.0 Å². The van der Waals surface area contributed by atoms with E-state index in [0.29, 0.717) is 11.4 Å². The number of halogens is 5. The fourth-order valence-corrected chi connectivity index (χ4v) is 5.34. The van der Waals surface area contributed by atoms with Crippen LogP contribution in [0.4, 0.5) is 33.6 Å². The van der Waals surface area contributed by atoms with Crippen molar-refractivity contribution in [1.82, 2.24) is 24.9 Å². The lowest BCUT2D eigenvalue weighted by Crippen LogP contribution is -2.44. The van der Waals surface area contributed by atoms with Gasteiger partial charge in [-0.1, -0.05) is 5.92 Å². The summed E-state index contributed by atoms with van der Waals surface area (Å²) in [7, 11) is -1.58. The van der Waals surface area contributed by atoms with Crippen molar-refractivity contribution in [3.63, 3.8) is 0 Å². The second kappa shape index (κ2) is 8.11. The molecule has 0 amide bonds. The Morgan fingerprint density at radius 2 is 2.13 bits per heavy atom. The summed E-state index contributed by atoms with van der Waals surface area (Å²) in [4.78, 5) is 20.1. The molecule has 30 heavy (non-hydrogen) atoms. The van der Waals surface area contributed by atoms with E-state index in [4.69, 9.17) is 0 Å². The maximum absolute atomic E-state index is 14.5. The van der Waals surface area contributed by atoms with Gasteiger partial charge in [0.05, 0.1) is 19.3 Å². The molecular formula is C17H16F5N7Si. The first-order valence-corrected chi connectivity index (χ1v) is 10.6. The molecule has 0 spiro atoms. The molecule has 0 bridgehead atoms. The lowest BCUT2D eigenvalue weighted by atomic mass is 9.99. The summed E-state index contributed by atoms with van der Waals surface area (Å²) >= 11 is 0. The van der Waals surface area contributed by atoms with Crippen LogP contribution in [0.25, 0.3) is 0 Å². The van der Waals surface area contributed by atoms with Crippen LogP contribution in [0.15, 0.2) is 18.7 Å². The summed E-state index contributed by atoms with van der Waals surface area (Å²) in [5, 5.41) is 2.80. The van der Waals surface area contributed by atoms with Crippen LogP contribution in [0.2, 0.25) is 0 Å². The van der Waals surface area contributed by atoms with Gasteiger partial charge in [0.1, 0.15) is 33.9 Å². The van der Waals surface area contributed by atoms with Gasteiger partial charge in [0, 0.05) is 23.5 Å². The zero-order chi connectivity index (χ0) is 21.3. The number of nitrogens with zero attached hydrogens (tertiary/aromatic N) is 5. The molecule has 2 aromatic rings. The number of hydrogen-bond donors (Lipinski definition) is 2. The molecule has 0 aromatic carbocycles. The molecule has 0 aliphatic carbocycles. The van der Waals surface area contributed by atoms with Crippen LogP contribution in [-0.2, 0) is 0 Å². The van der Waals surface area contributed by atoms with Crippen molar-refractivity contribution in [2.75, 3.05) is 23.3 Å². The fraction of sp³-hybridized carbons (Fsp3) is 0.412. The van der Waals surface area contributed by atoms with Gasteiger partial charge in [-0.05, 0) is 6.42 Å². The van der Waals surface area contributed by atoms with E-state index < -0.39 is 46.0 Å². The van der Waals surface area contributed by atoms with Gasteiger partial charge in [0.25, 0.3) is 0 Å². The van der Waals surface area contributed by atoms with Gasteiger partial charge in [-0.15, -0.1) is 0 Å². The third-order valence-electron chi connectivity index (χ3n) is 4.79. The minimum Gasteiger partial charge on any atom is -0.350 e. The van der Waals surface area contributed by atoms with Gasteiger partial charge >= 0.3 is 6.18 Å². The third kappa shape index (κ3) is 4.34. The molecule has 2 aliphatic heterocycles. The van der Waals surface area contributed by atoms with Crippen LogP contribution in [0.5, 0.6) is 0 Å². The Morgan fingerprint density at radius 1 is 1.30 bits per heavy atom. The highest BCUT2D eigenvalue weighted by molar-refractivity contribution is 6.35. The Hall–Kier alpha value is -2.85. The number of rotatable bonds is 5. The molecule has 2 aromatic heterocycles. The average molecular weight is 441 g/mol. The Bertz CT molecular complexity index is 992. The summed E-state index contributed by atoms with van der Waals surface area (Å²) in [5.41, 5.74) is 0.0608. The van der Waals surface area contributed by atoms with Gasteiger partial charge in [0.15, 0.2) is 17.5 Å². The SMILES string of the molecule is Fc1cnc(C2C#CNc3ncncc32)nc1N1C[C@H](F)C[C@H]1[SiH2]NCC(F)(F)F. The van der Waals surface area contributed by atoms with Crippen molar-refractivity contribution in [2.45, 2.75) is 30.4 Å². The largest absolute Gasteiger partial charge is 0.400 e. The highest BCUT2D eigenvalue weighted by Gasteiger charge is 2.36. The predicted molar refractivity (Wildman–Crippen MR) is 101 cm³/mol. The van der Waals surface area contributed by atoms with Crippen LogP contribution in [0, 0.1) is 17.8 Å². The van der Waals surface area contributed by atoms with Crippen LogP contribution >= 0.6 is 0 Å². The second-order valence-corrected chi connectivity index (χ2v) is 8.79. The smallest absolute Gasteiger partial charge is 0.350 e. The van der Waals surface area contributed by atoms with Gasteiger partial charge in [-0.3, -0.25) is 5.32 Å². The van der Waals surface area contributed by atoms with Crippen LogP contribution in [0.3, 0.4) is 0 Å². The van der Waals surface area contributed by atoms with Gasteiger partial charge in [0.2, 0.25) is 0 Å². The highest BCUT2D eigenvalue weighted by atomic mass is 28.2. The molecule has 4 heterocycles. The van der Waals surface area contributed by atoms with Crippen molar-refractivity contribution in [1.29, 1.82) is 0 Å². The molecule has 1 unspecified atom stereocenters. The molecule has 1 saturated heterocycles. The lowest BCUT2D eigenvalue weighted by Gasteiger charge is -2.26. The van der Waals surface area contributed by atoms with Crippen molar-refractivity contribution in [3.8, 4) is 12.0 Å². The van der Waals surface area contributed by atoms with Crippen molar-refractivity contribution in [2.24, 2.45) is 0 Å². The summed E-state index contributed by atoms with van der Waals surface area (Å²) < 4.78 is 65.9. The zero-order valence-electron chi connectivity index (χ0n) is 15.4. The van der Waals surface area contributed by atoms with E-state index in [1.165, 1.54) is 11.2 Å². The lowest BCUT2D eigenvalue weighted by molar-refractivity contribution is -0.121. The molecule has 4 rings (SSSR count). The van der Waals surface area contributed by atoms with Crippen molar-refractivity contribution < 1.29 is 22.0 Å². The van der Waals surface area contributed by atoms with Gasteiger partial charge < -0.3 is 9.88 Å². The standard InChI is InChI=1S/C17H16F5N7Si/c18-9-3-13(30-27-7-17(20,21)22)29(6-9)16-12(19)5-25-15(28-16)10-1-2-24-14-11(10)4-23-8-26-14/h4-5,8-10,13,27H,3,6-7,30H2,(H,23,24,26)/t9-,10?,13-/m1/s1. The molecule has 1 fully saturated rings. The molecular weight excluding hydrogens is 425 g/mol. The number of alkyl halides is 4. The number of aromatic nitrogens is 4. The fourth-order valence-electron chi connectivity index (χ4n) is 3.51. The average Bonchev–Trinajstić information content (AvgIpc) is 3.07. The number of nitrogens with one attached hydrogen (secondary N) is 2. The first kappa shape index (κ1) is 20.4. The van der Waals surface area contributed by atoms with E-state index >= 15 is 0 Å². The molecule has 3 atom stereocenters. The quantitative estimate of drug-likeness (QED) is 0.408. The van der Waals surface area contributed by atoms with E-state index in [-0.39, 0.29) is 24.6 Å². The number of anilines is 2. The van der Waals surface area contributed by atoms with E-state index in [1.807, 2.05) is 0 Å². The summed E-state index contributed by atoms with van der Waals surface area (Å²) in [6.07, 6.45) is -1.74.